The van der Waals surface area contributed by atoms with E-state index in [1.54, 1.807) is 0 Å². The minimum atomic E-state index is 0.307. The van der Waals surface area contributed by atoms with Gasteiger partial charge in [0, 0.05) is 35.6 Å². The molecule has 4 nitrogen and oxygen atoms in total. The number of thioether (sulfide) groups is 1. The number of anilines is 2. The van der Waals surface area contributed by atoms with Crippen LogP contribution in [0.5, 0.6) is 0 Å². The van der Waals surface area contributed by atoms with Crippen molar-refractivity contribution in [1.82, 2.24) is 9.97 Å². The Labute approximate surface area is 113 Å². The number of aromatic nitrogens is 2. The van der Waals surface area contributed by atoms with Gasteiger partial charge in [0.1, 0.15) is 17.5 Å². The van der Waals surface area contributed by atoms with Gasteiger partial charge < -0.3 is 10.6 Å². The van der Waals surface area contributed by atoms with Crippen LogP contribution in [0.4, 0.5) is 11.6 Å². The summed E-state index contributed by atoms with van der Waals surface area (Å²) in [6.07, 6.45) is 0. The second kappa shape index (κ2) is 5.34. The summed E-state index contributed by atoms with van der Waals surface area (Å²) in [4.78, 5) is 11.5. The van der Waals surface area contributed by atoms with Crippen LogP contribution in [0.3, 0.4) is 0 Å². The summed E-state index contributed by atoms with van der Waals surface area (Å²) in [5, 5.41) is 0. The fourth-order valence-corrected chi connectivity index (χ4v) is 3.13. The molecule has 5 heteroatoms. The van der Waals surface area contributed by atoms with Crippen LogP contribution in [0.1, 0.15) is 38.1 Å². The van der Waals surface area contributed by atoms with Crippen LogP contribution in [0.2, 0.25) is 0 Å². The molecule has 1 aliphatic rings. The van der Waals surface area contributed by atoms with Crippen LogP contribution in [-0.2, 0) is 0 Å². The van der Waals surface area contributed by atoms with Gasteiger partial charge in [-0.05, 0) is 13.8 Å². The van der Waals surface area contributed by atoms with Crippen molar-refractivity contribution in [3.8, 4) is 0 Å². The lowest BCUT2D eigenvalue weighted by molar-refractivity contribution is 0.675. The molecule has 1 aromatic heterocycles. The van der Waals surface area contributed by atoms with E-state index in [9.17, 15) is 0 Å². The summed E-state index contributed by atoms with van der Waals surface area (Å²) in [7, 11) is 0. The molecule has 1 atom stereocenters. The first-order valence-electron chi connectivity index (χ1n) is 6.49. The molecule has 0 radical (unpaired) electrons. The van der Waals surface area contributed by atoms with Gasteiger partial charge in [-0.25, -0.2) is 9.97 Å². The van der Waals surface area contributed by atoms with Gasteiger partial charge in [-0.15, -0.1) is 0 Å². The zero-order valence-electron chi connectivity index (χ0n) is 11.6. The van der Waals surface area contributed by atoms with Gasteiger partial charge in [-0.1, -0.05) is 13.8 Å². The van der Waals surface area contributed by atoms with Crippen LogP contribution < -0.4 is 10.6 Å². The molecule has 1 saturated heterocycles. The highest BCUT2D eigenvalue weighted by Crippen LogP contribution is 2.28. The minimum absolute atomic E-state index is 0.307. The molecule has 1 aromatic rings. The molecule has 0 spiro atoms. The Morgan fingerprint density at radius 2 is 2.11 bits per heavy atom. The largest absolute Gasteiger partial charge is 0.383 e. The van der Waals surface area contributed by atoms with Crippen LogP contribution in [0, 0.1) is 6.92 Å². The van der Waals surface area contributed by atoms with Gasteiger partial charge >= 0.3 is 0 Å². The van der Waals surface area contributed by atoms with E-state index in [1.165, 1.54) is 0 Å². The van der Waals surface area contributed by atoms with Gasteiger partial charge in [0.05, 0.1) is 0 Å². The first kappa shape index (κ1) is 13.5. The van der Waals surface area contributed by atoms with Crippen molar-refractivity contribution in [3.63, 3.8) is 0 Å². The van der Waals surface area contributed by atoms with Crippen molar-refractivity contribution < 1.29 is 0 Å². The van der Waals surface area contributed by atoms with E-state index in [1.807, 2.05) is 18.7 Å². The summed E-state index contributed by atoms with van der Waals surface area (Å²) in [6, 6.07) is 0.511. The maximum absolute atomic E-state index is 6.03. The standard InChI is InChI=1S/C13H22N4S/c1-8(2)12-15-11(14)10(4)13(16-12)17-5-6-18-7-9(17)3/h8-9H,5-7H2,1-4H3,(H2,14,15,16). The van der Waals surface area contributed by atoms with E-state index in [4.69, 9.17) is 10.7 Å². The Bertz CT molecular complexity index is 433. The lowest BCUT2D eigenvalue weighted by Gasteiger charge is -2.35. The first-order valence-corrected chi connectivity index (χ1v) is 7.64. The Morgan fingerprint density at radius 3 is 2.72 bits per heavy atom. The molecule has 0 amide bonds. The lowest BCUT2D eigenvalue weighted by Crippen LogP contribution is -2.41. The highest BCUT2D eigenvalue weighted by atomic mass is 32.2. The molecule has 0 aliphatic carbocycles. The van der Waals surface area contributed by atoms with Gasteiger partial charge in [0.15, 0.2) is 0 Å². The third-order valence-electron chi connectivity index (χ3n) is 3.33. The zero-order valence-corrected chi connectivity index (χ0v) is 12.4. The first-order chi connectivity index (χ1) is 8.50. The normalized spacial score (nSPS) is 20.5. The number of rotatable bonds is 2. The Morgan fingerprint density at radius 1 is 1.39 bits per heavy atom. The van der Waals surface area contributed by atoms with Gasteiger partial charge in [0.25, 0.3) is 0 Å². The summed E-state index contributed by atoms with van der Waals surface area (Å²) in [5.41, 5.74) is 7.04. The van der Waals surface area contributed by atoms with E-state index in [0.717, 1.165) is 35.3 Å². The van der Waals surface area contributed by atoms with E-state index in [-0.39, 0.29) is 0 Å². The van der Waals surface area contributed by atoms with Crippen LogP contribution in [0.15, 0.2) is 0 Å². The van der Waals surface area contributed by atoms with E-state index >= 15 is 0 Å². The van der Waals surface area contributed by atoms with Gasteiger partial charge in [-0.2, -0.15) is 11.8 Å². The summed E-state index contributed by atoms with van der Waals surface area (Å²) in [6.45, 7) is 9.51. The third-order valence-corrected chi connectivity index (χ3v) is 4.52. The van der Waals surface area contributed by atoms with Crippen molar-refractivity contribution in [3.05, 3.63) is 11.4 Å². The average molecular weight is 266 g/mol. The Kier molecular flexibility index (Phi) is 4.00. The molecule has 2 rings (SSSR count). The quantitative estimate of drug-likeness (QED) is 0.891. The van der Waals surface area contributed by atoms with Crippen molar-refractivity contribution in [2.24, 2.45) is 0 Å². The predicted octanol–water partition coefficient (Wildman–Crippen LogP) is 2.43. The SMILES string of the molecule is Cc1c(N)nc(C(C)C)nc1N1CCSCC1C. The fourth-order valence-electron chi connectivity index (χ4n) is 2.12. The predicted molar refractivity (Wildman–Crippen MR) is 79.4 cm³/mol. The molecular weight excluding hydrogens is 244 g/mol. The smallest absolute Gasteiger partial charge is 0.137 e. The molecule has 0 saturated carbocycles. The molecule has 1 fully saturated rings. The number of hydrogen-bond donors (Lipinski definition) is 1. The number of nitrogen functional groups attached to an aromatic ring is 1. The summed E-state index contributed by atoms with van der Waals surface area (Å²) < 4.78 is 0. The molecule has 2 heterocycles. The summed E-state index contributed by atoms with van der Waals surface area (Å²) >= 11 is 2.01. The second-order valence-corrected chi connectivity index (χ2v) is 6.34. The van der Waals surface area contributed by atoms with E-state index < -0.39 is 0 Å². The van der Waals surface area contributed by atoms with Crippen molar-refractivity contribution in [2.75, 3.05) is 28.7 Å². The third kappa shape index (κ3) is 2.55. The molecule has 100 valence electrons. The number of nitrogens with two attached hydrogens (primary N) is 1. The second-order valence-electron chi connectivity index (χ2n) is 5.19. The maximum Gasteiger partial charge on any atom is 0.137 e. The topological polar surface area (TPSA) is 55.0 Å². The molecule has 0 bridgehead atoms. The van der Waals surface area contributed by atoms with E-state index in [2.05, 4.69) is 30.7 Å². The fraction of sp³-hybridized carbons (Fsp3) is 0.692. The molecule has 18 heavy (non-hydrogen) atoms. The monoisotopic (exact) mass is 266 g/mol. The number of hydrogen-bond acceptors (Lipinski definition) is 5. The van der Waals surface area contributed by atoms with Crippen LogP contribution in [-0.4, -0.2) is 34.1 Å². The number of nitrogens with zero attached hydrogens (tertiary/aromatic N) is 3. The zero-order chi connectivity index (χ0) is 13.3. The minimum Gasteiger partial charge on any atom is -0.383 e. The van der Waals surface area contributed by atoms with Crippen molar-refractivity contribution in [2.45, 2.75) is 39.7 Å². The van der Waals surface area contributed by atoms with Gasteiger partial charge in [-0.3, -0.25) is 0 Å². The highest BCUT2D eigenvalue weighted by molar-refractivity contribution is 7.99. The molecule has 1 aliphatic heterocycles. The molecule has 0 aromatic carbocycles. The molecular formula is C13H22N4S. The van der Waals surface area contributed by atoms with Crippen LogP contribution >= 0.6 is 11.8 Å². The van der Waals surface area contributed by atoms with E-state index in [0.29, 0.717) is 17.8 Å². The van der Waals surface area contributed by atoms with Crippen molar-refractivity contribution >= 4 is 23.4 Å². The Hall–Kier alpha value is -0.970. The molecule has 2 N–H and O–H groups in total. The van der Waals surface area contributed by atoms with Crippen molar-refractivity contribution in [1.29, 1.82) is 0 Å². The molecule has 1 unspecified atom stereocenters. The lowest BCUT2D eigenvalue weighted by atomic mass is 10.2. The average Bonchev–Trinajstić information content (AvgIpc) is 2.33. The summed E-state index contributed by atoms with van der Waals surface area (Å²) in [5.74, 6) is 5.11. The Balaban J connectivity index is 2.41. The van der Waals surface area contributed by atoms with Crippen LogP contribution in [0.25, 0.3) is 0 Å². The highest BCUT2D eigenvalue weighted by Gasteiger charge is 2.23. The maximum atomic E-state index is 6.03. The van der Waals surface area contributed by atoms with Gasteiger partial charge in [0.2, 0.25) is 0 Å².